The SMILES string of the molecule is COc1cccc(OC)c1Oc1cccc(C(C)N)c1. The van der Waals surface area contributed by atoms with Crippen LogP contribution in [-0.4, -0.2) is 14.2 Å². The Bertz CT molecular complexity index is 559. The fourth-order valence-corrected chi connectivity index (χ4v) is 1.90. The molecule has 0 aliphatic heterocycles. The molecule has 0 aliphatic carbocycles. The van der Waals surface area contributed by atoms with E-state index in [2.05, 4.69) is 0 Å². The Labute approximate surface area is 119 Å². The monoisotopic (exact) mass is 273 g/mol. The highest BCUT2D eigenvalue weighted by molar-refractivity contribution is 5.53. The number of para-hydroxylation sites is 1. The third-order valence-corrected chi connectivity index (χ3v) is 2.99. The Morgan fingerprint density at radius 1 is 0.950 bits per heavy atom. The third-order valence-electron chi connectivity index (χ3n) is 2.99. The summed E-state index contributed by atoms with van der Waals surface area (Å²) in [5.74, 6) is 2.49. The molecule has 2 aromatic carbocycles. The third kappa shape index (κ3) is 3.03. The minimum Gasteiger partial charge on any atom is -0.493 e. The standard InChI is InChI=1S/C16H19NO3/c1-11(17)12-6-4-7-13(10-12)20-16-14(18-2)8-5-9-15(16)19-3/h4-11H,17H2,1-3H3. The van der Waals surface area contributed by atoms with Crippen molar-refractivity contribution < 1.29 is 14.2 Å². The van der Waals surface area contributed by atoms with Crippen LogP contribution in [0.2, 0.25) is 0 Å². The van der Waals surface area contributed by atoms with Crippen LogP contribution in [0.3, 0.4) is 0 Å². The molecule has 0 heterocycles. The fraction of sp³-hybridized carbons (Fsp3) is 0.250. The van der Waals surface area contributed by atoms with Crippen LogP contribution >= 0.6 is 0 Å². The minimum absolute atomic E-state index is 0.0434. The summed E-state index contributed by atoms with van der Waals surface area (Å²) in [6, 6.07) is 13.1. The predicted octanol–water partition coefficient (Wildman–Crippen LogP) is 3.52. The van der Waals surface area contributed by atoms with Crippen molar-refractivity contribution in [2.45, 2.75) is 13.0 Å². The zero-order chi connectivity index (χ0) is 14.5. The lowest BCUT2D eigenvalue weighted by Gasteiger charge is -2.15. The molecular formula is C16H19NO3. The molecule has 0 saturated carbocycles. The van der Waals surface area contributed by atoms with Gasteiger partial charge in [-0.3, -0.25) is 0 Å². The average Bonchev–Trinajstić information content (AvgIpc) is 2.47. The molecule has 2 N–H and O–H groups in total. The number of ether oxygens (including phenoxy) is 3. The van der Waals surface area contributed by atoms with Crippen LogP contribution in [-0.2, 0) is 0 Å². The lowest BCUT2D eigenvalue weighted by Crippen LogP contribution is -2.04. The van der Waals surface area contributed by atoms with E-state index >= 15 is 0 Å². The summed E-state index contributed by atoms with van der Waals surface area (Å²) in [5.41, 5.74) is 6.89. The Balaban J connectivity index is 2.36. The zero-order valence-electron chi connectivity index (χ0n) is 11.9. The Morgan fingerprint density at radius 3 is 2.10 bits per heavy atom. The zero-order valence-corrected chi connectivity index (χ0v) is 11.9. The summed E-state index contributed by atoms with van der Waals surface area (Å²) in [4.78, 5) is 0. The fourth-order valence-electron chi connectivity index (χ4n) is 1.90. The van der Waals surface area contributed by atoms with E-state index in [1.165, 1.54) is 0 Å². The van der Waals surface area contributed by atoms with E-state index in [1.807, 2.05) is 49.4 Å². The molecule has 0 saturated heterocycles. The van der Waals surface area contributed by atoms with Gasteiger partial charge in [0.2, 0.25) is 5.75 Å². The van der Waals surface area contributed by atoms with E-state index in [4.69, 9.17) is 19.9 Å². The summed E-state index contributed by atoms with van der Waals surface area (Å²) in [6.07, 6.45) is 0. The number of benzene rings is 2. The highest BCUT2D eigenvalue weighted by atomic mass is 16.5. The first-order chi connectivity index (χ1) is 9.65. The van der Waals surface area contributed by atoms with Gasteiger partial charge in [-0.25, -0.2) is 0 Å². The second-order valence-corrected chi connectivity index (χ2v) is 4.45. The highest BCUT2D eigenvalue weighted by Gasteiger charge is 2.12. The second kappa shape index (κ2) is 6.30. The van der Waals surface area contributed by atoms with Crippen molar-refractivity contribution >= 4 is 0 Å². The summed E-state index contributed by atoms with van der Waals surface area (Å²) in [6.45, 7) is 1.93. The molecular weight excluding hydrogens is 254 g/mol. The normalized spacial score (nSPS) is 11.8. The lowest BCUT2D eigenvalue weighted by molar-refractivity contribution is 0.346. The van der Waals surface area contributed by atoms with E-state index in [9.17, 15) is 0 Å². The van der Waals surface area contributed by atoms with Gasteiger partial charge >= 0.3 is 0 Å². The first kappa shape index (κ1) is 14.2. The van der Waals surface area contributed by atoms with Crippen molar-refractivity contribution in [3.63, 3.8) is 0 Å². The first-order valence-corrected chi connectivity index (χ1v) is 6.40. The first-order valence-electron chi connectivity index (χ1n) is 6.40. The molecule has 0 spiro atoms. The largest absolute Gasteiger partial charge is 0.493 e. The Hall–Kier alpha value is -2.20. The van der Waals surface area contributed by atoms with Crippen LogP contribution < -0.4 is 19.9 Å². The quantitative estimate of drug-likeness (QED) is 0.905. The minimum atomic E-state index is -0.0434. The van der Waals surface area contributed by atoms with Gasteiger partial charge in [-0.2, -0.15) is 0 Å². The molecule has 0 radical (unpaired) electrons. The summed E-state index contributed by atoms with van der Waals surface area (Å²) in [5, 5.41) is 0. The van der Waals surface area contributed by atoms with Gasteiger partial charge in [-0.15, -0.1) is 0 Å². The smallest absolute Gasteiger partial charge is 0.210 e. The van der Waals surface area contributed by atoms with Gasteiger partial charge < -0.3 is 19.9 Å². The lowest BCUT2D eigenvalue weighted by atomic mass is 10.1. The van der Waals surface area contributed by atoms with Gasteiger partial charge in [0.25, 0.3) is 0 Å². The Kier molecular flexibility index (Phi) is 4.48. The number of nitrogens with two attached hydrogens (primary N) is 1. The van der Waals surface area contributed by atoms with Gasteiger partial charge in [0.1, 0.15) is 5.75 Å². The van der Waals surface area contributed by atoms with Crippen molar-refractivity contribution in [3.8, 4) is 23.0 Å². The number of methoxy groups -OCH3 is 2. The van der Waals surface area contributed by atoms with Gasteiger partial charge in [-0.1, -0.05) is 18.2 Å². The Morgan fingerprint density at radius 2 is 1.55 bits per heavy atom. The molecule has 4 nitrogen and oxygen atoms in total. The van der Waals surface area contributed by atoms with Crippen molar-refractivity contribution in [2.24, 2.45) is 5.73 Å². The summed E-state index contributed by atoms with van der Waals surface area (Å²) in [7, 11) is 3.19. The maximum absolute atomic E-state index is 5.91. The van der Waals surface area contributed by atoms with E-state index in [0.717, 1.165) is 5.56 Å². The van der Waals surface area contributed by atoms with Crippen LogP contribution in [0.1, 0.15) is 18.5 Å². The van der Waals surface area contributed by atoms with Gasteiger partial charge in [0.05, 0.1) is 14.2 Å². The van der Waals surface area contributed by atoms with Crippen molar-refractivity contribution in [2.75, 3.05) is 14.2 Å². The van der Waals surface area contributed by atoms with E-state index in [1.54, 1.807) is 14.2 Å². The molecule has 106 valence electrons. The van der Waals surface area contributed by atoms with Crippen LogP contribution in [0.4, 0.5) is 0 Å². The highest BCUT2D eigenvalue weighted by Crippen LogP contribution is 2.40. The molecule has 0 amide bonds. The van der Waals surface area contributed by atoms with Crippen LogP contribution in [0.15, 0.2) is 42.5 Å². The molecule has 0 fully saturated rings. The molecule has 2 rings (SSSR count). The molecule has 0 aliphatic rings. The molecule has 1 unspecified atom stereocenters. The molecule has 4 heteroatoms. The number of hydrogen-bond acceptors (Lipinski definition) is 4. The van der Waals surface area contributed by atoms with E-state index < -0.39 is 0 Å². The van der Waals surface area contributed by atoms with Gasteiger partial charge in [0, 0.05) is 6.04 Å². The maximum atomic E-state index is 5.91. The van der Waals surface area contributed by atoms with E-state index in [0.29, 0.717) is 23.0 Å². The molecule has 2 aromatic rings. The molecule has 1 atom stereocenters. The van der Waals surface area contributed by atoms with Crippen LogP contribution in [0.5, 0.6) is 23.0 Å². The molecule has 20 heavy (non-hydrogen) atoms. The second-order valence-electron chi connectivity index (χ2n) is 4.45. The average molecular weight is 273 g/mol. The maximum Gasteiger partial charge on any atom is 0.210 e. The van der Waals surface area contributed by atoms with Gasteiger partial charge in [0.15, 0.2) is 11.5 Å². The number of rotatable bonds is 5. The van der Waals surface area contributed by atoms with Crippen LogP contribution in [0.25, 0.3) is 0 Å². The number of hydrogen-bond donors (Lipinski definition) is 1. The van der Waals surface area contributed by atoms with Crippen molar-refractivity contribution in [1.82, 2.24) is 0 Å². The van der Waals surface area contributed by atoms with Crippen LogP contribution in [0, 0.1) is 0 Å². The molecule has 0 bridgehead atoms. The molecule has 0 aromatic heterocycles. The van der Waals surface area contributed by atoms with Crippen molar-refractivity contribution in [1.29, 1.82) is 0 Å². The topological polar surface area (TPSA) is 53.7 Å². The summed E-state index contributed by atoms with van der Waals surface area (Å²) >= 11 is 0. The van der Waals surface area contributed by atoms with E-state index in [-0.39, 0.29) is 6.04 Å². The van der Waals surface area contributed by atoms with Gasteiger partial charge in [-0.05, 0) is 36.8 Å². The summed E-state index contributed by atoms with van der Waals surface area (Å²) < 4.78 is 16.5. The van der Waals surface area contributed by atoms with Crippen molar-refractivity contribution in [3.05, 3.63) is 48.0 Å². The predicted molar refractivity (Wildman–Crippen MR) is 78.7 cm³/mol.